The summed E-state index contributed by atoms with van der Waals surface area (Å²) >= 11 is 12.5. The SMILES string of the molecule is CC(C)(C)c1nc(N2CC[C@@](C)(O)C2)c2nn(Cc3ncccc3Cl)nc2n1.CC(C)(C)c1nc(N2CC[C@](C)(O)C2)c2nn(Cc3ncccc3Cl)nc2n1. The van der Waals surface area contributed by atoms with Crippen LogP contribution >= 0.6 is 23.2 Å². The largest absolute Gasteiger partial charge is 0.388 e. The third kappa shape index (κ3) is 8.67. The van der Waals surface area contributed by atoms with Gasteiger partial charge in [-0.25, -0.2) is 19.9 Å². The van der Waals surface area contributed by atoms with E-state index >= 15 is 0 Å². The molecule has 0 radical (unpaired) electrons. The van der Waals surface area contributed by atoms with Crippen LogP contribution in [-0.4, -0.2) is 107 Å². The highest BCUT2D eigenvalue weighted by molar-refractivity contribution is 6.31. The Morgan fingerprint density at radius 1 is 0.625 bits per heavy atom. The molecule has 18 heteroatoms. The molecule has 2 N–H and O–H groups in total. The fourth-order valence-electron chi connectivity index (χ4n) is 6.52. The Labute approximate surface area is 335 Å². The highest BCUT2D eigenvalue weighted by Crippen LogP contribution is 2.33. The van der Waals surface area contributed by atoms with E-state index in [4.69, 9.17) is 33.2 Å². The number of halogens is 2. The first kappa shape index (κ1) is 39.6. The molecule has 0 saturated carbocycles. The third-order valence-electron chi connectivity index (χ3n) is 9.64. The van der Waals surface area contributed by atoms with Crippen LogP contribution in [0.2, 0.25) is 10.0 Å². The van der Waals surface area contributed by atoms with E-state index in [9.17, 15) is 10.2 Å². The van der Waals surface area contributed by atoms with Crippen LogP contribution in [0.15, 0.2) is 36.7 Å². The zero-order valence-electron chi connectivity index (χ0n) is 33.0. The van der Waals surface area contributed by atoms with E-state index in [-0.39, 0.29) is 10.8 Å². The number of fused-ring (bicyclic) bond motifs is 2. The Hall–Kier alpha value is -4.64. The van der Waals surface area contributed by atoms with Crippen LogP contribution in [0.1, 0.15) is 91.3 Å². The van der Waals surface area contributed by atoms with Crippen molar-refractivity contribution < 1.29 is 10.2 Å². The molecule has 0 amide bonds. The van der Waals surface area contributed by atoms with Crippen LogP contribution in [0, 0.1) is 0 Å². The Bertz CT molecular complexity index is 2220. The molecular weight excluding hydrogens is 755 g/mol. The number of β-amino-alcohol motifs (C(OH)–C–C–N with tert-alkyl or cyclic N) is 2. The lowest BCUT2D eigenvalue weighted by molar-refractivity contribution is 0.0833. The van der Waals surface area contributed by atoms with Crippen molar-refractivity contribution in [3.63, 3.8) is 0 Å². The van der Waals surface area contributed by atoms with Gasteiger partial charge in [-0.2, -0.15) is 9.59 Å². The van der Waals surface area contributed by atoms with Crippen molar-refractivity contribution in [2.45, 2.75) is 103 Å². The predicted octanol–water partition coefficient (Wildman–Crippen LogP) is 5.15. The third-order valence-corrected chi connectivity index (χ3v) is 10.3. The lowest BCUT2D eigenvalue weighted by Gasteiger charge is -2.22. The number of pyridine rings is 2. The highest BCUT2D eigenvalue weighted by atomic mass is 35.5. The fraction of sp³-hybridized carbons (Fsp3) is 0.526. The van der Waals surface area contributed by atoms with Crippen LogP contribution in [-0.2, 0) is 23.9 Å². The van der Waals surface area contributed by atoms with E-state index < -0.39 is 11.2 Å². The van der Waals surface area contributed by atoms with Crippen molar-refractivity contribution in [3.8, 4) is 0 Å². The van der Waals surface area contributed by atoms with Gasteiger partial charge in [0.1, 0.15) is 24.7 Å². The Balaban J connectivity index is 0.000000172. The molecule has 6 aromatic rings. The van der Waals surface area contributed by atoms with Gasteiger partial charge >= 0.3 is 0 Å². The molecule has 0 bridgehead atoms. The molecule has 6 aromatic heterocycles. The lowest BCUT2D eigenvalue weighted by atomic mass is 9.95. The van der Waals surface area contributed by atoms with Gasteiger partial charge in [-0.1, -0.05) is 64.7 Å². The summed E-state index contributed by atoms with van der Waals surface area (Å²) in [5.41, 5.74) is 1.75. The minimum Gasteiger partial charge on any atom is -0.388 e. The number of hydrogen-bond donors (Lipinski definition) is 2. The maximum absolute atomic E-state index is 10.4. The number of rotatable bonds is 6. The summed E-state index contributed by atoms with van der Waals surface area (Å²) in [6, 6.07) is 7.17. The normalized spacial score (nSPS) is 20.3. The van der Waals surface area contributed by atoms with Gasteiger partial charge in [0.2, 0.25) is 11.3 Å². The molecule has 2 saturated heterocycles. The van der Waals surface area contributed by atoms with Crippen LogP contribution in [0.5, 0.6) is 0 Å². The molecule has 2 aliphatic rings. The van der Waals surface area contributed by atoms with E-state index in [0.717, 1.165) is 0 Å². The zero-order chi connectivity index (χ0) is 40.2. The summed E-state index contributed by atoms with van der Waals surface area (Å²) in [6.07, 6.45) is 4.75. The average molecular weight is 804 g/mol. The van der Waals surface area contributed by atoms with Gasteiger partial charge < -0.3 is 20.0 Å². The topological polar surface area (TPSA) is 186 Å². The Kier molecular flexibility index (Phi) is 10.4. The van der Waals surface area contributed by atoms with E-state index in [1.54, 1.807) is 46.3 Å². The second kappa shape index (κ2) is 14.7. The molecule has 16 nitrogen and oxygen atoms in total. The summed E-state index contributed by atoms with van der Waals surface area (Å²) in [4.78, 5) is 34.8. The summed E-state index contributed by atoms with van der Waals surface area (Å²) < 4.78 is 0. The van der Waals surface area contributed by atoms with E-state index in [0.29, 0.717) is 119 Å². The van der Waals surface area contributed by atoms with Gasteiger partial charge in [0, 0.05) is 49.4 Å². The molecule has 56 heavy (non-hydrogen) atoms. The lowest BCUT2D eigenvalue weighted by Crippen LogP contribution is -2.31. The average Bonchev–Trinajstić information content (AvgIpc) is 3.89. The fourth-order valence-corrected chi connectivity index (χ4v) is 6.88. The minimum absolute atomic E-state index is 0.237. The van der Waals surface area contributed by atoms with Crippen LogP contribution in [0.25, 0.3) is 22.3 Å². The molecule has 8 rings (SSSR count). The van der Waals surface area contributed by atoms with Crippen molar-refractivity contribution in [1.82, 2.24) is 59.9 Å². The number of hydrogen-bond acceptors (Lipinski definition) is 14. The second-order valence-electron chi connectivity index (χ2n) is 17.2. The first-order chi connectivity index (χ1) is 26.2. The second-order valence-corrected chi connectivity index (χ2v) is 18.1. The monoisotopic (exact) mass is 802 g/mol. The van der Waals surface area contributed by atoms with Crippen LogP contribution in [0.3, 0.4) is 0 Å². The van der Waals surface area contributed by atoms with Gasteiger partial charge in [-0.05, 0) is 51.0 Å². The van der Waals surface area contributed by atoms with Gasteiger partial charge in [-0.3, -0.25) is 9.97 Å². The summed E-state index contributed by atoms with van der Waals surface area (Å²) in [7, 11) is 0. The van der Waals surface area contributed by atoms with Crippen molar-refractivity contribution in [2.24, 2.45) is 0 Å². The summed E-state index contributed by atoms with van der Waals surface area (Å²) in [5.74, 6) is 2.83. The molecule has 0 aliphatic carbocycles. The Morgan fingerprint density at radius 3 is 1.34 bits per heavy atom. The van der Waals surface area contributed by atoms with Gasteiger partial charge in [0.15, 0.2) is 22.7 Å². The molecule has 8 heterocycles. The van der Waals surface area contributed by atoms with E-state index in [1.807, 2.05) is 13.8 Å². The van der Waals surface area contributed by atoms with Crippen molar-refractivity contribution in [2.75, 3.05) is 36.0 Å². The van der Waals surface area contributed by atoms with Crippen molar-refractivity contribution >= 4 is 57.2 Å². The number of aromatic nitrogens is 12. The Morgan fingerprint density at radius 2 is 1.02 bits per heavy atom. The summed E-state index contributed by atoms with van der Waals surface area (Å²) in [6.45, 7) is 19.2. The number of anilines is 2. The quantitative estimate of drug-likeness (QED) is 0.225. The molecule has 0 unspecified atom stereocenters. The van der Waals surface area contributed by atoms with Gasteiger partial charge in [-0.15, -0.1) is 20.4 Å². The maximum atomic E-state index is 10.4. The van der Waals surface area contributed by atoms with Crippen LogP contribution < -0.4 is 9.80 Å². The first-order valence-electron chi connectivity index (χ1n) is 18.6. The molecular formula is C38H48Cl2N14O2. The van der Waals surface area contributed by atoms with Crippen molar-refractivity contribution in [1.29, 1.82) is 0 Å². The summed E-state index contributed by atoms with van der Waals surface area (Å²) in [5, 5.41) is 40.3. The smallest absolute Gasteiger partial charge is 0.207 e. The number of aliphatic hydroxyl groups is 2. The minimum atomic E-state index is -0.739. The van der Waals surface area contributed by atoms with Gasteiger partial charge in [0.05, 0.1) is 32.6 Å². The maximum Gasteiger partial charge on any atom is 0.207 e. The first-order valence-corrected chi connectivity index (χ1v) is 19.4. The zero-order valence-corrected chi connectivity index (χ0v) is 34.5. The van der Waals surface area contributed by atoms with E-state index in [1.165, 1.54) is 0 Å². The van der Waals surface area contributed by atoms with Crippen LogP contribution in [0.4, 0.5) is 11.6 Å². The van der Waals surface area contributed by atoms with Crippen molar-refractivity contribution in [3.05, 3.63) is 69.7 Å². The molecule has 0 spiro atoms. The molecule has 2 aliphatic heterocycles. The predicted molar refractivity (Wildman–Crippen MR) is 215 cm³/mol. The highest BCUT2D eigenvalue weighted by Gasteiger charge is 2.36. The standard InChI is InChI=1S/2C19H24ClN7O/c2*1-18(2,3)17-22-15-14(16(23-17)26-9-7-19(4,28)11-26)24-27(25-15)10-13-12(20)6-5-8-21-13/h2*5-6,8,28H,7,9-11H2,1-4H3/t2*19-/m10/s1. The molecule has 2 fully saturated rings. The molecule has 2 atom stereocenters. The number of nitrogens with zero attached hydrogens (tertiary/aromatic N) is 14. The molecule has 0 aromatic carbocycles. The van der Waals surface area contributed by atoms with Gasteiger partial charge in [0.25, 0.3) is 0 Å². The van der Waals surface area contributed by atoms with E-state index in [2.05, 4.69) is 91.7 Å². The molecule has 296 valence electrons.